The zero-order chi connectivity index (χ0) is 13.1. The molecule has 7 heteroatoms. The third-order valence-corrected chi connectivity index (χ3v) is 2.63. The number of carbonyl (C=O) groups is 1. The highest BCUT2D eigenvalue weighted by atomic mass is 16.5. The number of carbonyl (C=O) groups excluding carboxylic acids is 1. The highest BCUT2D eigenvalue weighted by Gasteiger charge is 2.11. The number of hydrogen-bond acceptors (Lipinski definition) is 6. The van der Waals surface area contributed by atoms with E-state index < -0.39 is 0 Å². The Kier molecular flexibility index (Phi) is 3.40. The van der Waals surface area contributed by atoms with Crippen LogP contribution in [-0.2, 0) is 9.53 Å². The van der Waals surface area contributed by atoms with E-state index in [-0.39, 0.29) is 5.97 Å². The molecule has 0 radical (unpaired) electrons. The van der Waals surface area contributed by atoms with Crippen molar-refractivity contribution in [2.45, 2.75) is 13.3 Å². The molecule has 0 N–H and O–H groups in total. The van der Waals surface area contributed by atoms with Crippen LogP contribution in [0.15, 0.2) is 12.4 Å². The van der Waals surface area contributed by atoms with Crippen LogP contribution < -0.4 is 4.90 Å². The monoisotopic (exact) mass is 249 g/mol. The predicted molar refractivity (Wildman–Crippen MR) is 65.4 cm³/mol. The Balaban J connectivity index is 2.23. The van der Waals surface area contributed by atoms with Gasteiger partial charge in [0.25, 0.3) is 5.78 Å². The minimum atomic E-state index is -0.234. The van der Waals surface area contributed by atoms with E-state index in [2.05, 4.69) is 19.8 Å². The van der Waals surface area contributed by atoms with Crippen LogP contribution in [0.2, 0.25) is 0 Å². The third-order valence-electron chi connectivity index (χ3n) is 2.63. The fourth-order valence-corrected chi connectivity index (χ4v) is 1.66. The normalized spacial score (nSPS) is 10.6. The molecule has 96 valence electrons. The molecule has 2 aromatic rings. The lowest BCUT2D eigenvalue weighted by molar-refractivity contribution is -0.140. The van der Waals surface area contributed by atoms with Gasteiger partial charge in [-0.05, 0) is 6.92 Å². The fraction of sp³-hybridized carbons (Fsp3) is 0.455. The average molecular weight is 249 g/mol. The Morgan fingerprint density at radius 1 is 1.56 bits per heavy atom. The molecule has 0 aliphatic rings. The van der Waals surface area contributed by atoms with Crippen molar-refractivity contribution < 1.29 is 9.53 Å². The largest absolute Gasteiger partial charge is 0.469 e. The van der Waals surface area contributed by atoms with Gasteiger partial charge in [0.2, 0.25) is 0 Å². The van der Waals surface area contributed by atoms with E-state index in [9.17, 15) is 4.79 Å². The second-order valence-corrected chi connectivity index (χ2v) is 3.98. The first-order valence-electron chi connectivity index (χ1n) is 5.57. The summed E-state index contributed by atoms with van der Waals surface area (Å²) >= 11 is 0. The number of anilines is 1. The van der Waals surface area contributed by atoms with Crippen LogP contribution >= 0.6 is 0 Å². The second-order valence-electron chi connectivity index (χ2n) is 3.98. The van der Waals surface area contributed by atoms with Gasteiger partial charge in [0.05, 0.1) is 13.5 Å². The summed E-state index contributed by atoms with van der Waals surface area (Å²) in [5.41, 5.74) is 0.857. The van der Waals surface area contributed by atoms with E-state index in [4.69, 9.17) is 0 Å². The van der Waals surface area contributed by atoms with Crippen molar-refractivity contribution >= 4 is 17.6 Å². The van der Waals surface area contributed by atoms with Gasteiger partial charge in [0, 0.05) is 25.4 Å². The summed E-state index contributed by atoms with van der Waals surface area (Å²) in [4.78, 5) is 21.4. The Labute approximate surface area is 104 Å². The quantitative estimate of drug-likeness (QED) is 0.732. The molecule has 0 atom stereocenters. The Hall–Kier alpha value is -2.18. The maximum Gasteiger partial charge on any atom is 0.307 e. The van der Waals surface area contributed by atoms with E-state index in [1.807, 2.05) is 24.9 Å². The smallest absolute Gasteiger partial charge is 0.307 e. The molecular formula is C11H15N5O2. The number of esters is 1. The highest BCUT2D eigenvalue weighted by molar-refractivity contribution is 5.69. The topological polar surface area (TPSA) is 72.6 Å². The number of hydrogen-bond donors (Lipinski definition) is 0. The molecule has 0 amide bonds. The number of fused-ring (bicyclic) bond motifs is 1. The molecule has 0 aromatic carbocycles. The number of methoxy groups -OCH3 is 1. The summed E-state index contributed by atoms with van der Waals surface area (Å²) in [6.45, 7) is 2.44. The summed E-state index contributed by atoms with van der Waals surface area (Å²) in [7, 11) is 3.27. The molecule has 0 saturated heterocycles. The van der Waals surface area contributed by atoms with Crippen LogP contribution in [0.25, 0.3) is 5.78 Å². The summed E-state index contributed by atoms with van der Waals surface area (Å²) in [5, 5.41) is 4.11. The molecule has 0 spiro atoms. The van der Waals surface area contributed by atoms with Gasteiger partial charge in [-0.2, -0.15) is 14.6 Å². The van der Waals surface area contributed by atoms with Gasteiger partial charge < -0.3 is 9.64 Å². The van der Waals surface area contributed by atoms with Crippen LogP contribution in [-0.4, -0.2) is 46.3 Å². The lowest BCUT2D eigenvalue weighted by Crippen LogP contribution is -2.24. The third kappa shape index (κ3) is 2.39. The summed E-state index contributed by atoms with van der Waals surface area (Å²) in [6, 6.07) is 1.90. The number of aryl methyl sites for hydroxylation is 1. The number of nitrogens with zero attached hydrogens (tertiary/aromatic N) is 5. The standard InChI is InChI=1S/C11H15N5O2/c1-8-6-9(15(2)5-4-10(17)18-3)16-11(14-8)12-7-13-16/h6-7H,4-5H2,1-3H3. The Morgan fingerprint density at radius 3 is 3.06 bits per heavy atom. The molecule has 18 heavy (non-hydrogen) atoms. The zero-order valence-corrected chi connectivity index (χ0v) is 10.6. The summed E-state index contributed by atoms with van der Waals surface area (Å²) in [6.07, 6.45) is 1.78. The maximum atomic E-state index is 11.1. The van der Waals surface area contributed by atoms with Gasteiger partial charge in [-0.25, -0.2) is 4.98 Å². The van der Waals surface area contributed by atoms with Crippen LogP contribution in [0, 0.1) is 6.92 Å². The van der Waals surface area contributed by atoms with Crippen molar-refractivity contribution in [3.8, 4) is 0 Å². The SMILES string of the molecule is COC(=O)CCN(C)c1cc(C)nc2ncnn12. The molecule has 0 bridgehead atoms. The molecule has 0 fully saturated rings. The molecule has 7 nitrogen and oxygen atoms in total. The van der Waals surface area contributed by atoms with Crippen molar-refractivity contribution in [3.05, 3.63) is 18.1 Å². The molecule has 2 heterocycles. The van der Waals surface area contributed by atoms with Crippen molar-refractivity contribution in [2.24, 2.45) is 0 Å². The van der Waals surface area contributed by atoms with Crippen molar-refractivity contribution in [1.82, 2.24) is 19.6 Å². The first-order valence-corrected chi connectivity index (χ1v) is 5.57. The highest BCUT2D eigenvalue weighted by Crippen LogP contribution is 2.14. The molecule has 0 unspecified atom stereocenters. The maximum absolute atomic E-state index is 11.1. The van der Waals surface area contributed by atoms with Gasteiger partial charge in [0.15, 0.2) is 0 Å². The molecule has 2 aromatic heterocycles. The molecule has 0 saturated carbocycles. The van der Waals surface area contributed by atoms with E-state index in [1.54, 1.807) is 4.52 Å². The molecule has 0 aliphatic heterocycles. The van der Waals surface area contributed by atoms with Crippen LogP contribution in [0.1, 0.15) is 12.1 Å². The lowest BCUT2D eigenvalue weighted by atomic mass is 10.3. The Bertz CT molecular complexity index is 566. The van der Waals surface area contributed by atoms with Crippen LogP contribution in [0.3, 0.4) is 0 Å². The van der Waals surface area contributed by atoms with E-state index in [1.165, 1.54) is 13.4 Å². The fourth-order valence-electron chi connectivity index (χ4n) is 1.66. The van der Waals surface area contributed by atoms with Crippen LogP contribution in [0.4, 0.5) is 5.82 Å². The van der Waals surface area contributed by atoms with Gasteiger partial charge in [-0.1, -0.05) is 0 Å². The van der Waals surface area contributed by atoms with Gasteiger partial charge in [-0.3, -0.25) is 4.79 Å². The Morgan fingerprint density at radius 2 is 2.33 bits per heavy atom. The van der Waals surface area contributed by atoms with Crippen molar-refractivity contribution in [2.75, 3.05) is 25.6 Å². The van der Waals surface area contributed by atoms with Gasteiger partial charge >= 0.3 is 5.97 Å². The minimum Gasteiger partial charge on any atom is -0.469 e. The summed E-state index contributed by atoms with van der Waals surface area (Å²) in [5.74, 6) is 1.16. The number of aromatic nitrogens is 4. The van der Waals surface area contributed by atoms with E-state index in [0.717, 1.165) is 11.5 Å². The number of rotatable bonds is 4. The zero-order valence-electron chi connectivity index (χ0n) is 10.6. The van der Waals surface area contributed by atoms with E-state index in [0.29, 0.717) is 18.7 Å². The van der Waals surface area contributed by atoms with Gasteiger partial charge in [0.1, 0.15) is 12.1 Å². The first kappa shape index (κ1) is 12.3. The second kappa shape index (κ2) is 4.99. The lowest BCUT2D eigenvalue weighted by Gasteiger charge is -2.19. The molecule has 0 aliphatic carbocycles. The molecule has 2 rings (SSSR count). The predicted octanol–water partition coefficient (Wildman–Crippen LogP) is 0.432. The van der Waals surface area contributed by atoms with Crippen molar-refractivity contribution in [1.29, 1.82) is 0 Å². The number of ether oxygens (including phenoxy) is 1. The average Bonchev–Trinajstić information content (AvgIpc) is 2.82. The van der Waals surface area contributed by atoms with Gasteiger partial charge in [-0.15, -0.1) is 0 Å². The minimum absolute atomic E-state index is 0.234. The summed E-state index contributed by atoms with van der Waals surface area (Å²) < 4.78 is 6.26. The van der Waals surface area contributed by atoms with Crippen LogP contribution in [0.5, 0.6) is 0 Å². The van der Waals surface area contributed by atoms with Crippen molar-refractivity contribution in [3.63, 3.8) is 0 Å². The van der Waals surface area contributed by atoms with E-state index >= 15 is 0 Å². The molecular weight excluding hydrogens is 234 g/mol. The first-order chi connectivity index (χ1) is 8.61.